The lowest BCUT2D eigenvalue weighted by molar-refractivity contribution is 0.0941. The third-order valence-electron chi connectivity index (χ3n) is 4.83. The molecule has 4 rings (SSSR count). The maximum absolute atomic E-state index is 13.0. The average molecular weight is 431 g/mol. The van der Waals surface area contributed by atoms with E-state index in [1.807, 2.05) is 56.8 Å². The fourth-order valence-corrected chi connectivity index (χ4v) is 3.79. The van der Waals surface area contributed by atoms with Gasteiger partial charge in [-0.1, -0.05) is 12.1 Å². The van der Waals surface area contributed by atoms with Crippen LogP contribution in [-0.2, 0) is 0 Å². The SMILES string of the molecule is CSc1cncc(-c2cccc(-n3cc(C(=O)NC(C)C)c(=O)c4cccnc43)c2)c1. The van der Waals surface area contributed by atoms with Gasteiger partial charge in [-0.25, -0.2) is 4.98 Å². The van der Waals surface area contributed by atoms with Crippen LogP contribution in [0.3, 0.4) is 0 Å². The second kappa shape index (κ2) is 8.73. The zero-order valence-corrected chi connectivity index (χ0v) is 18.3. The van der Waals surface area contributed by atoms with E-state index in [1.165, 1.54) is 0 Å². The van der Waals surface area contributed by atoms with Crippen LogP contribution in [0.15, 0.2) is 76.9 Å². The molecule has 7 heteroatoms. The second-order valence-electron chi connectivity index (χ2n) is 7.41. The van der Waals surface area contributed by atoms with Crippen molar-refractivity contribution in [3.8, 4) is 16.8 Å². The lowest BCUT2D eigenvalue weighted by atomic mass is 10.1. The van der Waals surface area contributed by atoms with Crippen LogP contribution >= 0.6 is 11.8 Å². The first-order valence-corrected chi connectivity index (χ1v) is 11.1. The molecule has 156 valence electrons. The van der Waals surface area contributed by atoms with E-state index in [9.17, 15) is 9.59 Å². The molecule has 1 amide bonds. The van der Waals surface area contributed by atoms with Crippen LogP contribution in [0.4, 0.5) is 0 Å². The summed E-state index contributed by atoms with van der Waals surface area (Å²) in [6.07, 6.45) is 8.88. The highest BCUT2D eigenvalue weighted by Gasteiger charge is 2.17. The van der Waals surface area contributed by atoms with E-state index in [0.29, 0.717) is 11.0 Å². The van der Waals surface area contributed by atoms with E-state index in [-0.39, 0.29) is 17.0 Å². The van der Waals surface area contributed by atoms with Crippen molar-refractivity contribution < 1.29 is 4.79 Å². The topological polar surface area (TPSA) is 76.9 Å². The predicted octanol–water partition coefficient (Wildman–Crippen LogP) is 4.31. The third kappa shape index (κ3) is 4.22. The lowest BCUT2D eigenvalue weighted by Crippen LogP contribution is -2.34. The summed E-state index contributed by atoms with van der Waals surface area (Å²) in [6.45, 7) is 3.72. The number of carbonyl (C=O) groups is 1. The molecule has 1 N–H and O–H groups in total. The first-order valence-electron chi connectivity index (χ1n) is 9.89. The van der Waals surface area contributed by atoms with Crippen LogP contribution in [0, 0.1) is 0 Å². The maximum Gasteiger partial charge on any atom is 0.256 e. The Balaban J connectivity index is 1.91. The largest absolute Gasteiger partial charge is 0.350 e. The van der Waals surface area contributed by atoms with Gasteiger partial charge in [-0.3, -0.25) is 14.6 Å². The van der Waals surface area contributed by atoms with Gasteiger partial charge in [0.25, 0.3) is 5.91 Å². The summed E-state index contributed by atoms with van der Waals surface area (Å²) in [5.74, 6) is -0.396. The summed E-state index contributed by atoms with van der Waals surface area (Å²) < 4.78 is 1.79. The Morgan fingerprint density at radius 3 is 2.71 bits per heavy atom. The lowest BCUT2D eigenvalue weighted by Gasteiger charge is -2.15. The molecule has 0 aliphatic rings. The molecule has 4 aromatic rings. The van der Waals surface area contributed by atoms with Crippen molar-refractivity contribution in [2.75, 3.05) is 6.26 Å². The molecule has 0 saturated heterocycles. The Labute approximate surface area is 184 Å². The number of carbonyl (C=O) groups excluding carboxylic acids is 1. The summed E-state index contributed by atoms with van der Waals surface area (Å²) in [4.78, 5) is 35.5. The number of hydrogen-bond donors (Lipinski definition) is 1. The molecule has 0 fully saturated rings. The molecule has 0 unspecified atom stereocenters. The minimum Gasteiger partial charge on any atom is -0.350 e. The molecule has 0 spiro atoms. The Morgan fingerprint density at radius 1 is 1.10 bits per heavy atom. The molecule has 6 nitrogen and oxygen atoms in total. The molecular formula is C24H22N4O2S. The van der Waals surface area contributed by atoms with Gasteiger partial charge in [0.05, 0.1) is 5.39 Å². The Morgan fingerprint density at radius 2 is 1.94 bits per heavy atom. The van der Waals surface area contributed by atoms with Crippen molar-refractivity contribution >= 4 is 28.7 Å². The summed E-state index contributed by atoms with van der Waals surface area (Å²) in [6, 6.07) is 13.3. The Bertz CT molecular complexity index is 1330. The zero-order chi connectivity index (χ0) is 22.0. The normalized spacial score (nSPS) is 11.1. The van der Waals surface area contributed by atoms with E-state index in [1.54, 1.807) is 40.9 Å². The molecule has 0 aliphatic heterocycles. The van der Waals surface area contributed by atoms with Crippen molar-refractivity contribution in [3.63, 3.8) is 0 Å². The van der Waals surface area contributed by atoms with Crippen LogP contribution in [0.2, 0.25) is 0 Å². The summed E-state index contributed by atoms with van der Waals surface area (Å²) >= 11 is 1.63. The van der Waals surface area contributed by atoms with Crippen LogP contribution in [0.25, 0.3) is 27.8 Å². The number of rotatable bonds is 5. The zero-order valence-electron chi connectivity index (χ0n) is 17.5. The highest BCUT2D eigenvalue weighted by molar-refractivity contribution is 7.98. The molecule has 0 radical (unpaired) electrons. The first kappa shape index (κ1) is 20.8. The van der Waals surface area contributed by atoms with Gasteiger partial charge in [-0.05, 0) is 56.0 Å². The summed E-state index contributed by atoms with van der Waals surface area (Å²) in [7, 11) is 0. The quantitative estimate of drug-likeness (QED) is 0.478. The molecule has 3 heterocycles. The van der Waals surface area contributed by atoms with Gasteiger partial charge in [0.15, 0.2) is 0 Å². The minimum atomic E-state index is -0.396. The van der Waals surface area contributed by atoms with Crippen molar-refractivity contribution in [1.82, 2.24) is 19.9 Å². The molecule has 1 aromatic carbocycles. The van der Waals surface area contributed by atoms with Crippen molar-refractivity contribution in [2.24, 2.45) is 0 Å². The molecule has 0 saturated carbocycles. The number of hydrogen-bond acceptors (Lipinski definition) is 5. The van der Waals surface area contributed by atoms with Crippen molar-refractivity contribution in [2.45, 2.75) is 24.8 Å². The van der Waals surface area contributed by atoms with E-state index < -0.39 is 5.91 Å². The van der Waals surface area contributed by atoms with Gasteiger partial charge in [0, 0.05) is 47.0 Å². The van der Waals surface area contributed by atoms with Crippen LogP contribution in [-0.4, -0.2) is 32.7 Å². The van der Waals surface area contributed by atoms with E-state index in [0.717, 1.165) is 21.7 Å². The molecule has 0 aliphatic carbocycles. The molecule has 3 aromatic heterocycles. The van der Waals surface area contributed by atoms with Gasteiger partial charge >= 0.3 is 0 Å². The maximum atomic E-state index is 13.0. The van der Waals surface area contributed by atoms with Crippen molar-refractivity contribution in [3.05, 3.63) is 83.0 Å². The predicted molar refractivity (Wildman–Crippen MR) is 125 cm³/mol. The monoisotopic (exact) mass is 430 g/mol. The summed E-state index contributed by atoms with van der Waals surface area (Å²) in [5, 5.41) is 3.21. The van der Waals surface area contributed by atoms with E-state index in [2.05, 4.69) is 21.4 Å². The van der Waals surface area contributed by atoms with Gasteiger partial charge in [-0.2, -0.15) is 0 Å². The van der Waals surface area contributed by atoms with Crippen LogP contribution in [0.5, 0.6) is 0 Å². The highest BCUT2D eigenvalue weighted by atomic mass is 32.2. The standard InChI is InChI=1S/C24H22N4O2S/c1-15(2)27-24(30)21-14-28(23-20(22(21)29)8-5-9-26-23)18-7-4-6-16(10-18)17-11-19(31-3)13-25-12-17/h4-15H,1-3H3,(H,27,30). The number of benzene rings is 1. The highest BCUT2D eigenvalue weighted by Crippen LogP contribution is 2.26. The smallest absolute Gasteiger partial charge is 0.256 e. The molecule has 0 atom stereocenters. The van der Waals surface area contributed by atoms with Crippen LogP contribution in [0.1, 0.15) is 24.2 Å². The Kier molecular flexibility index (Phi) is 5.86. The number of nitrogens with one attached hydrogen (secondary N) is 1. The number of amides is 1. The Hall–Kier alpha value is -3.45. The third-order valence-corrected chi connectivity index (χ3v) is 5.53. The summed E-state index contributed by atoms with van der Waals surface area (Å²) in [5.41, 5.74) is 3.04. The fourth-order valence-electron chi connectivity index (χ4n) is 3.38. The average Bonchev–Trinajstić information content (AvgIpc) is 2.79. The van der Waals surface area contributed by atoms with E-state index in [4.69, 9.17) is 0 Å². The van der Waals surface area contributed by atoms with Gasteiger partial charge in [0.2, 0.25) is 5.43 Å². The number of fused-ring (bicyclic) bond motifs is 1. The molecular weight excluding hydrogens is 408 g/mol. The van der Waals surface area contributed by atoms with Crippen molar-refractivity contribution in [1.29, 1.82) is 0 Å². The number of aromatic nitrogens is 3. The van der Waals surface area contributed by atoms with Gasteiger partial charge < -0.3 is 9.88 Å². The number of pyridine rings is 3. The minimum absolute atomic E-state index is 0.0792. The first-order chi connectivity index (χ1) is 15.0. The van der Waals surface area contributed by atoms with Gasteiger partial charge in [-0.15, -0.1) is 11.8 Å². The van der Waals surface area contributed by atoms with Gasteiger partial charge in [0.1, 0.15) is 11.2 Å². The number of thioether (sulfide) groups is 1. The fraction of sp³-hybridized carbons (Fsp3) is 0.167. The molecule has 0 bridgehead atoms. The number of nitrogens with zero attached hydrogens (tertiary/aromatic N) is 3. The molecule has 31 heavy (non-hydrogen) atoms. The van der Waals surface area contributed by atoms with E-state index >= 15 is 0 Å². The second-order valence-corrected chi connectivity index (χ2v) is 8.29. The van der Waals surface area contributed by atoms with Crippen LogP contribution < -0.4 is 10.7 Å².